The number of carbonyl (C=O) groups excluding carboxylic acids is 2. The van der Waals surface area contributed by atoms with Crippen LogP contribution in [0.15, 0.2) is 94.5 Å². The van der Waals surface area contributed by atoms with Gasteiger partial charge in [-0.1, -0.05) is 26.0 Å². The number of Topliss-reactive ketones (excluding diaryl/α,β-unsaturated/α-hetero) is 2. The van der Waals surface area contributed by atoms with E-state index >= 15 is 0 Å². The average molecular weight is 676 g/mol. The van der Waals surface area contributed by atoms with Crippen molar-refractivity contribution >= 4 is 40.6 Å². The van der Waals surface area contributed by atoms with Gasteiger partial charge in [0.2, 0.25) is 5.69 Å². The molecule has 2 aromatic rings. The summed E-state index contributed by atoms with van der Waals surface area (Å²) in [5.74, 6) is -4.61. The summed E-state index contributed by atoms with van der Waals surface area (Å²) in [6.07, 6.45) is 9.16. The molecule has 258 valence electrons. The maximum atomic E-state index is 13.8. The number of rotatable bonds is 6. The predicted molar refractivity (Wildman–Crippen MR) is 192 cm³/mol. The molecule has 2 atom stereocenters. The third-order valence-corrected chi connectivity index (χ3v) is 11.2. The number of aliphatic hydroxyl groups excluding tert-OH is 1. The number of fused-ring (bicyclic) bond motifs is 2. The van der Waals surface area contributed by atoms with E-state index in [0.717, 1.165) is 45.1 Å². The molecule has 2 aliphatic heterocycles. The molecule has 6 rings (SSSR count). The number of ketones is 2. The van der Waals surface area contributed by atoms with Crippen molar-refractivity contribution < 1.29 is 39.1 Å². The quantitative estimate of drug-likeness (QED) is 0.216. The summed E-state index contributed by atoms with van der Waals surface area (Å²) < 4.78 is 2.05. The second kappa shape index (κ2) is 11.9. The van der Waals surface area contributed by atoms with Gasteiger partial charge in [-0.3, -0.25) is 9.59 Å². The number of aromatic carboxylic acids is 2. The number of benzene rings is 2. The molecular formula is C41H43N2O7+. The van der Waals surface area contributed by atoms with E-state index < -0.39 is 40.4 Å². The number of anilines is 1. The van der Waals surface area contributed by atoms with Crippen LogP contribution in [0.1, 0.15) is 86.2 Å². The first-order valence-corrected chi connectivity index (χ1v) is 16.8. The highest BCUT2D eigenvalue weighted by molar-refractivity contribution is 6.17. The molecule has 2 unspecified atom stereocenters. The zero-order valence-electron chi connectivity index (χ0n) is 29.7. The van der Waals surface area contributed by atoms with Gasteiger partial charge < -0.3 is 20.2 Å². The maximum Gasteiger partial charge on any atom is 0.335 e. The van der Waals surface area contributed by atoms with E-state index in [0.29, 0.717) is 18.4 Å². The SMILES string of the molecule is CC1C(=O)C(C2=C(C=CC3=[N+](C)c4ccc(C(=O)O)cc4C3(C)C)CCC2=CC=C2N(C)c3ccc(C(=O)O)cc3C2(C)C)=C(O)C(C)C1=O. The monoisotopic (exact) mass is 675 g/mol. The molecule has 4 aliphatic rings. The van der Waals surface area contributed by atoms with Crippen molar-refractivity contribution in [3.05, 3.63) is 117 Å². The molecular weight excluding hydrogens is 632 g/mol. The highest BCUT2D eigenvalue weighted by Crippen LogP contribution is 2.48. The highest BCUT2D eigenvalue weighted by atomic mass is 16.4. The Bertz CT molecular complexity index is 2120. The van der Waals surface area contributed by atoms with Gasteiger partial charge in [-0.05, 0) is 99.2 Å². The van der Waals surface area contributed by atoms with E-state index in [2.05, 4.69) is 0 Å². The minimum atomic E-state index is -0.987. The number of hydrogen-bond acceptors (Lipinski definition) is 6. The molecule has 50 heavy (non-hydrogen) atoms. The molecule has 0 aromatic heterocycles. The third kappa shape index (κ3) is 5.18. The fraction of sp³-hybridized carbons (Fsp3) is 0.341. The number of likely N-dealkylation sites (N-methyl/N-ethyl adjacent to an activating group) is 1. The first-order valence-electron chi connectivity index (χ1n) is 16.8. The lowest BCUT2D eigenvalue weighted by molar-refractivity contribution is -0.401. The number of carboxylic acids is 2. The first-order chi connectivity index (χ1) is 23.4. The first kappa shape index (κ1) is 34.5. The molecule has 0 saturated carbocycles. The Balaban J connectivity index is 1.48. The van der Waals surface area contributed by atoms with Crippen LogP contribution in [-0.4, -0.2) is 63.2 Å². The van der Waals surface area contributed by atoms with Crippen LogP contribution < -0.4 is 4.90 Å². The average Bonchev–Trinajstić information content (AvgIpc) is 3.61. The lowest BCUT2D eigenvalue weighted by Gasteiger charge is -2.26. The number of allylic oxidation sites excluding steroid dienone is 10. The van der Waals surface area contributed by atoms with Crippen molar-refractivity contribution in [1.82, 2.24) is 0 Å². The van der Waals surface area contributed by atoms with Gasteiger partial charge in [0.05, 0.1) is 34.0 Å². The Hall–Kier alpha value is -5.31. The van der Waals surface area contributed by atoms with E-state index in [9.17, 15) is 34.5 Å². The molecule has 3 N–H and O–H groups in total. The van der Waals surface area contributed by atoms with Crippen molar-refractivity contribution in [2.75, 3.05) is 19.0 Å². The largest absolute Gasteiger partial charge is 0.511 e. The molecule has 0 amide bonds. The maximum absolute atomic E-state index is 13.8. The van der Waals surface area contributed by atoms with E-state index in [4.69, 9.17) is 0 Å². The lowest BCUT2D eigenvalue weighted by Crippen LogP contribution is -2.35. The Morgan fingerprint density at radius 3 is 2.10 bits per heavy atom. The van der Waals surface area contributed by atoms with Crippen LogP contribution in [0.5, 0.6) is 0 Å². The van der Waals surface area contributed by atoms with Gasteiger partial charge in [0.25, 0.3) is 0 Å². The minimum Gasteiger partial charge on any atom is -0.511 e. The summed E-state index contributed by atoms with van der Waals surface area (Å²) in [6.45, 7) is 11.4. The van der Waals surface area contributed by atoms with Crippen LogP contribution in [0.3, 0.4) is 0 Å². The smallest absolute Gasteiger partial charge is 0.335 e. The molecule has 2 heterocycles. The Labute approximate surface area is 291 Å². The summed E-state index contributed by atoms with van der Waals surface area (Å²) in [7, 11) is 3.89. The summed E-state index contributed by atoms with van der Waals surface area (Å²) in [5.41, 5.74) is 7.43. The summed E-state index contributed by atoms with van der Waals surface area (Å²) in [4.78, 5) is 52.2. The molecule has 9 nitrogen and oxygen atoms in total. The number of nitrogens with zero attached hydrogens (tertiary/aromatic N) is 2. The van der Waals surface area contributed by atoms with Crippen molar-refractivity contribution in [3.8, 4) is 0 Å². The van der Waals surface area contributed by atoms with E-state index in [1.807, 2.05) is 87.7 Å². The molecule has 2 aromatic carbocycles. The zero-order chi connectivity index (χ0) is 36.6. The number of carboxylic acid groups (broad SMARTS) is 2. The number of aliphatic hydroxyl groups is 1. The standard InChI is InChI=1S/C41H42N2O7/c1-21-35(44)22(2)37(46)34(36(21)45)33-23(13-17-31-40(3,4)27-19-25(38(47)48)11-15-29(27)42(31)7)9-10-24(33)14-18-32-41(5,6)28-20-26(39(49)50)12-16-30(28)43(32)8/h11-22H,9-10H2,1-8H3,(H2,47,48,49,50)/p+1. The van der Waals surface area contributed by atoms with Gasteiger partial charge >= 0.3 is 11.9 Å². The fourth-order valence-corrected chi connectivity index (χ4v) is 8.13. The Morgan fingerprint density at radius 2 is 1.46 bits per heavy atom. The predicted octanol–water partition coefficient (Wildman–Crippen LogP) is 7.21. The van der Waals surface area contributed by atoms with E-state index in [1.165, 1.54) is 0 Å². The van der Waals surface area contributed by atoms with E-state index in [-0.39, 0.29) is 28.2 Å². The van der Waals surface area contributed by atoms with Crippen molar-refractivity contribution in [3.63, 3.8) is 0 Å². The summed E-state index contributed by atoms with van der Waals surface area (Å²) >= 11 is 0. The molecule has 0 saturated heterocycles. The van der Waals surface area contributed by atoms with Crippen LogP contribution >= 0.6 is 0 Å². The molecule has 0 radical (unpaired) electrons. The van der Waals surface area contributed by atoms with Gasteiger partial charge in [-0.15, -0.1) is 0 Å². The molecule has 9 heteroatoms. The van der Waals surface area contributed by atoms with Crippen LogP contribution in [0, 0.1) is 11.8 Å². The molecule has 2 aliphatic carbocycles. The van der Waals surface area contributed by atoms with E-state index in [1.54, 1.807) is 38.1 Å². The number of carbonyl (C=O) groups is 4. The third-order valence-electron chi connectivity index (χ3n) is 11.2. The Kier molecular flexibility index (Phi) is 8.24. The molecule has 0 fully saturated rings. The zero-order valence-corrected chi connectivity index (χ0v) is 29.7. The Morgan fingerprint density at radius 1 is 0.840 bits per heavy atom. The molecule has 0 spiro atoms. The van der Waals surface area contributed by atoms with Crippen LogP contribution in [0.2, 0.25) is 0 Å². The van der Waals surface area contributed by atoms with Gasteiger partial charge in [0.1, 0.15) is 12.8 Å². The van der Waals surface area contributed by atoms with Gasteiger partial charge in [-0.25, -0.2) is 9.59 Å². The second-order valence-corrected chi connectivity index (χ2v) is 14.8. The van der Waals surface area contributed by atoms with Crippen molar-refractivity contribution in [2.45, 2.75) is 65.2 Å². The second-order valence-electron chi connectivity index (χ2n) is 14.8. The van der Waals surface area contributed by atoms with Gasteiger partial charge in [0.15, 0.2) is 17.3 Å². The summed E-state index contributed by atoms with van der Waals surface area (Å²) in [6, 6.07) is 10.3. The molecule has 0 bridgehead atoms. The topological polar surface area (TPSA) is 135 Å². The highest BCUT2D eigenvalue weighted by Gasteiger charge is 2.45. The lowest BCUT2D eigenvalue weighted by atomic mass is 9.76. The van der Waals surface area contributed by atoms with Crippen LogP contribution in [-0.2, 0) is 20.4 Å². The van der Waals surface area contributed by atoms with Gasteiger partial charge in [0, 0.05) is 41.6 Å². The minimum absolute atomic E-state index is 0.179. The van der Waals surface area contributed by atoms with Crippen LogP contribution in [0.4, 0.5) is 11.4 Å². The van der Waals surface area contributed by atoms with Crippen molar-refractivity contribution in [2.24, 2.45) is 11.8 Å². The summed E-state index contributed by atoms with van der Waals surface area (Å²) in [5, 5.41) is 30.6. The van der Waals surface area contributed by atoms with Gasteiger partial charge in [-0.2, -0.15) is 4.58 Å². The fourth-order valence-electron chi connectivity index (χ4n) is 8.13. The normalized spacial score (nSPS) is 24.4. The van der Waals surface area contributed by atoms with Crippen LogP contribution in [0.25, 0.3) is 0 Å². The number of hydrogen-bond donors (Lipinski definition) is 3. The van der Waals surface area contributed by atoms with Crippen molar-refractivity contribution in [1.29, 1.82) is 0 Å².